The number of benzene rings is 2. The summed E-state index contributed by atoms with van der Waals surface area (Å²) in [5.41, 5.74) is 2.30. The van der Waals surface area contributed by atoms with E-state index in [4.69, 9.17) is 25.8 Å². The summed E-state index contributed by atoms with van der Waals surface area (Å²) in [6.45, 7) is 2.56. The number of hydrogen-bond acceptors (Lipinski definition) is 7. The first-order chi connectivity index (χ1) is 19.5. The molecule has 2 N–H and O–H groups in total. The van der Waals surface area contributed by atoms with Crippen molar-refractivity contribution in [2.75, 3.05) is 26.3 Å². The van der Waals surface area contributed by atoms with E-state index in [0.717, 1.165) is 24.0 Å². The van der Waals surface area contributed by atoms with Crippen LogP contribution in [0.5, 0.6) is 17.2 Å². The van der Waals surface area contributed by atoms with Crippen LogP contribution in [0.25, 0.3) is 0 Å². The summed E-state index contributed by atoms with van der Waals surface area (Å²) in [5.74, 6) is 1.64. The number of halogens is 1. The maximum Gasteiger partial charge on any atom is 0.258 e. The Morgan fingerprint density at radius 1 is 1.05 bits per heavy atom. The highest BCUT2D eigenvalue weighted by Gasteiger charge is 2.36. The van der Waals surface area contributed by atoms with Crippen molar-refractivity contribution in [3.05, 3.63) is 82.6 Å². The molecular formula is C30H31ClN4O5. The van der Waals surface area contributed by atoms with Crippen molar-refractivity contribution in [2.45, 2.75) is 38.1 Å². The van der Waals surface area contributed by atoms with Gasteiger partial charge in [0, 0.05) is 50.2 Å². The molecule has 2 atom stereocenters. The van der Waals surface area contributed by atoms with E-state index in [1.54, 1.807) is 30.6 Å². The van der Waals surface area contributed by atoms with Crippen molar-refractivity contribution in [2.24, 2.45) is 5.92 Å². The first-order valence-electron chi connectivity index (χ1n) is 13.5. The van der Waals surface area contributed by atoms with Crippen molar-refractivity contribution in [1.29, 1.82) is 0 Å². The highest BCUT2D eigenvalue weighted by molar-refractivity contribution is 6.31. The molecule has 0 radical (unpaired) electrons. The van der Waals surface area contributed by atoms with Crippen LogP contribution in [0.2, 0.25) is 5.02 Å². The van der Waals surface area contributed by atoms with Crippen LogP contribution in [-0.4, -0.2) is 60.1 Å². The fourth-order valence-electron chi connectivity index (χ4n) is 4.89. The molecule has 4 aliphatic rings. The van der Waals surface area contributed by atoms with Crippen molar-refractivity contribution in [3.8, 4) is 17.2 Å². The number of likely N-dealkylation sites (tertiary alicyclic amines) is 1. The normalized spacial score (nSPS) is 21.4. The smallest absolute Gasteiger partial charge is 0.258 e. The molecule has 1 saturated heterocycles. The quantitative estimate of drug-likeness (QED) is 0.490. The van der Waals surface area contributed by atoms with Gasteiger partial charge in [0.25, 0.3) is 11.8 Å². The van der Waals surface area contributed by atoms with E-state index in [0.29, 0.717) is 66.5 Å². The lowest BCUT2D eigenvalue weighted by Crippen LogP contribution is -2.45. The number of nitrogens with zero attached hydrogens (tertiary/aromatic N) is 2. The van der Waals surface area contributed by atoms with E-state index in [-0.39, 0.29) is 30.6 Å². The Morgan fingerprint density at radius 3 is 2.70 bits per heavy atom. The molecule has 4 bridgehead atoms. The SMILES string of the molecule is O=C1COc2cc(OCC3CC3)cc(c2)C(=O)N[C@H]2CN(Cc3ccncc3Cl)C[C@@H]2Oc2ccc(cc2)CN1. The number of ether oxygens (including phenoxy) is 3. The topological polar surface area (TPSA) is 102 Å². The Morgan fingerprint density at radius 2 is 1.90 bits per heavy atom. The number of fused-ring (bicyclic) bond motifs is 7. The average molecular weight is 563 g/mol. The van der Waals surface area contributed by atoms with Crippen LogP contribution in [0.4, 0.5) is 0 Å². The van der Waals surface area contributed by atoms with Gasteiger partial charge in [-0.3, -0.25) is 19.5 Å². The molecule has 1 aliphatic carbocycles. The highest BCUT2D eigenvalue weighted by Crippen LogP contribution is 2.31. The molecule has 2 amide bonds. The maximum atomic E-state index is 13.6. The van der Waals surface area contributed by atoms with Gasteiger partial charge in [-0.05, 0) is 60.2 Å². The summed E-state index contributed by atoms with van der Waals surface area (Å²) in [5, 5.41) is 6.65. The standard InChI is InChI=1S/C30H31ClN4O5/c31-26-13-32-8-7-21(26)14-35-15-27-28(16-35)40-23-5-3-19(4-6-23)12-33-29(36)18-39-25-10-22(30(37)34-27)9-24(11-25)38-17-20-1-2-20/h3-11,13,20,27-28H,1-2,12,14-18H2,(H,33,36)(H,34,37)/t27-,28-/m0/s1. The van der Waals surface area contributed by atoms with Gasteiger partial charge >= 0.3 is 0 Å². The lowest BCUT2D eigenvalue weighted by atomic mass is 10.1. The van der Waals surface area contributed by atoms with Crippen molar-refractivity contribution >= 4 is 23.4 Å². The Hall–Kier alpha value is -3.82. The van der Waals surface area contributed by atoms with Crippen LogP contribution in [0.15, 0.2) is 60.9 Å². The van der Waals surface area contributed by atoms with Gasteiger partial charge < -0.3 is 24.8 Å². The van der Waals surface area contributed by atoms with Crippen LogP contribution in [0, 0.1) is 5.92 Å². The molecule has 2 fully saturated rings. The predicted molar refractivity (Wildman–Crippen MR) is 149 cm³/mol. The third-order valence-electron chi connectivity index (χ3n) is 7.30. The molecule has 3 aromatic rings. The fourth-order valence-corrected chi connectivity index (χ4v) is 5.07. The summed E-state index contributed by atoms with van der Waals surface area (Å²) in [6.07, 6.45) is 5.36. The van der Waals surface area contributed by atoms with E-state index in [1.807, 2.05) is 30.3 Å². The number of carbonyl (C=O) groups excluding carboxylic acids is 2. The molecule has 40 heavy (non-hydrogen) atoms. The second-order valence-electron chi connectivity index (χ2n) is 10.6. The molecule has 1 aromatic heterocycles. The molecule has 208 valence electrons. The van der Waals surface area contributed by atoms with Crippen LogP contribution in [0.1, 0.15) is 34.3 Å². The van der Waals surface area contributed by atoms with Gasteiger partial charge in [-0.15, -0.1) is 0 Å². The molecule has 3 aliphatic heterocycles. The van der Waals surface area contributed by atoms with E-state index < -0.39 is 0 Å². The van der Waals surface area contributed by atoms with Gasteiger partial charge in [0.05, 0.1) is 17.7 Å². The lowest BCUT2D eigenvalue weighted by molar-refractivity contribution is -0.123. The average Bonchev–Trinajstić information content (AvgIpc) is 3.72. The Labute approximate surface area is 237 Å². The zero-order chi connectivity index (χ0) is 27.5. The predicted octanol–water partition coefficient (Wildman–Crippen LogP) is 3.59. The minimum Gasteiger partial charge on any atom is -0.493 e. The zero-order valence-electron chi connectivity index (χ0n) is 22.0. The molecule has 0 unspecified atom stereocenters. The summed E-state index contributed by atoms with van der Waals surface area (Å²) in [6, 6.07) is 14.3. The minimum atomic E-state index is -0.296. The van der Waals surface area contributed by atoms with Gasteiger partial charge in [-0.25, -0.2) is 0 Å². The Kier molecular flexibility index (Phi) is 7.75. The fraction of sp³-hybridized carbons (Fsp3) is 0.367. The number of rotatable bonds is 5. The maximum absolute atomic E-state index is 13.6. The molecule has 9 nitrogen and oxygen atoms in total. The van der Waals surface area contributed by atoms with Crippen LogP contribution in [-0.2, 0) is 17.9 Å². The number of carbonyl (C=O) groups is 2. The molecule has 1 saturated carbocycles. The van der Waals surface area contributed by atoms with Gasteiger partial charge in [0.1, 0.15) is 23.4 Å². The molecule has 0 spiro atoms. The second-order valence-corrected chi connectivity index (χ2v) is 11.0. The number of nitrogens with one attached hydrogen (secondary N) is 2. The molecule has 7 rings (SSSR count). The third kappa shape index (κ3) is 6.66. The number of hydrogen-bond donors (Lipinski definition) is 2. The zero-order valence-corrected chi connectivity index (χ0v) is 22.7. The molecule has 10 heteroatoms. The van der Waals surface area contributed by atoms with Gasteiger partial charge in [0.15, 0.2) is 6.61 Å². The second kappa shape index (κ2) is 11.7. The molecular weight excluding hydrogens is 532 g/mol. The highest BCUT2D eigenvalue weighted by atomic mass is 35.5. The van der Waals surface area contributed by atoms with Gasteiger partial charge in [0.2, 0.25) is 0 Å². The van der Waals surface area contributed by atoms with Crippen LogP contribution >= 0.6 is 11.6 Å². The van der Waals surface area contributed by atoms with Crippen LogP contribution < -0.4 is 24.8 Å². The van der Waals surface area contributed by atoms with E-state index >= 15 is 0 Å². The molecule has 4 heterocycles. The molecule has 2 aromatic carbocycles. The van der Waals surface area contributed by atoms with Crippen molar-refractivity contribution < 1.29 is 23.8 Å². The first-order valence-corrected chi connectivity index (χ1v) is 13.9. The Balaban J connectivity index is 1.27. The lowest BCUT2D eigenvalue weighted by Gasteiger charge is -2.22. The van der Waals surface area contributed by atoms with Crippen molar-refractivity contribution in [1.82, 2.24) is 20.5 Å². The number of pyridine rings is 1. The van der Waals surface area contributed by atoms with E-state index in [2.05, 4.69) is 20.5 Å². The summed E-state index contributed by atoms with van der Waals surface area (Å²) in [7, 11) is 0. The van der Waals surface area contributed by atoms with Gasteiger partial charge in [-0.2, -0.15) is 0 Å². The van der Waals surface area contributed by atoms with Crippen molar-refractivity contribution in [3.63, 3.8) is 0 Å². The summed E-state index contributed by atoms with van der Waals surface area (Å²) >= 11 is 6.38. The van der Waals surface area contributed by atoms with Gasteiger partial charge in [-0.1, -0.05) is 23.7 Å². The Bertz CT molecular complexity index is 1380. The largest absolute Gasteiger partial charge is 0.493 e. The van der Waals surface area contributed by atoms with Crippen LogP contribution in [0.3, 0.4) is 0 Å². The van der Waals surface area contributed by atoms with E-state index in [1.165, 1.54) is 0 Å². The number of amides is 2. The number of aromatic nitrogens is 1. The third-order valence-corrected chi connectivity index (χ3v) is 7.64. The summed E-state index contributed by atoms with van der Waals surface area (Å²) in [4.78, 5) is 32.3. The monoisotopic (exact) mass is 562 g/mol. The first kappa shape index (κ1) is 26.4. The minimum absolute atomic E-state index is 0.175. The summed E-state index contributed by atoms with van der Waals surface area (Å²) < 4.78 is 18.1. The van der Waals surface area contributed by atoms with E-state index in [9.17, 15) is 9.59 Å².